The summed E-state index contributed by atoms with van der Waals surface area (Å²) in [6, 6.07) is 16.2. The number of nitrogens with zero attached hydrogens (tertiary/aromatic N) is 3. The first kappa shape index (κ1) is 77.2. The zero-order chi connectivity index (χ0) is 59.1. The Labute approximate surface area is 575 Å². The van der Waals surface area contributed by atoms with Crippen LogP contribution < -0.4 is 37.2 Å². The van der Waals surface area contributed by atoms with Crippen molar-refractivity contribution in [3.63, 3.8) is 0 Å². The number of fused-ring (bicyclic) bond motifs is 1. The minimum atomic E-state index is -1.54. The van der Waals surface area contributed by atoms with Gasteiger partial charge in [0, 0.05) is 149 Å². The van der Waals surface area contributed by atoms with Crippen LogP contribution in [0.4, 0.5) is 4.79 Å². The molecule has 4 unspecified atom stereocenters. The summed E-state index contributed by atoms with van der Waals surface area (Å²) < 4.78 is 0. The summed E-state index contributed by atoms with van der Waals surface area (Å²) in [5, 5.41) is 58.2. The van der Waals surface area contributed by atoms with E-state index in [1.54, 1.807) is 0 Å². The molecule has 1 aliphatic carbocycles. The molecule has 459 valence electrons. The Bertz CT molecular complexity index is 2550. The van der Waals surface area contributed by atoms with Crippen molar-refractivity contribution in [2.45, 2.75) is 147 Å². The Balaban J connectivity index is 0.00000822. The van der Waals surface area contributed by atoms with Crippen LogP contribution in [0.3, 0.4) is 0 Å². The van der Waals surface area contributed by atoms with Crippen LogP contribution in [0, 0.1) is 25.3 Å². The van der Waals surface area contributed by atoms with Gasteiger partial charge in [-0.1, -0.05) is 72.3 Å². The molecule has 3 aromatic carbocycles. The van der Waals surface area contributed by atoms with Gasteiger partial charge in [-0.3, -0.25) is 35.3 Å². The third-order valence-electron chi connectivity index (χ3n) is 14.9. The zero-order valence-corrected chi connectivity index (χ0v) is 57.6. The predicted molar refractivity (Wildman–Crippen MR) is 310 cm³/mol. The van der Waals surface area contributed by atoms with E-state index in [9.17, 15) is 53.4 Å². The van der Waals surface area contributed by atoms with E-state index in [4.69, 9.17) is 5.11 Å². The Hall–Kier alpha value is -3.86. The molecule has 1 heterocycles. The largest absolute Gasteiger partial charge is 0.663 e. The number of hydrogen-bond acceptors (Lipinski definition) is 10. The summed E-state index contributed by atoms with van der Waals surface area (Å²) in [4.78, 5) is 117. The molecule has 0 aromatic heterocycles. The van der Waals surface area contributed by atoms with Gasteiger partial charge >= 0.3 is 23.9 Å². The van der Waals surface area contributed by atoms with Gasteiger partial charge in [0.25, 0.3) is 0 Å². The van der Waals surface area contributed by atoms with Crippen LogP contribution in [0.15, 0.2) is 66.7 Å². The smallest absolute Gasteiger partial charge is 0.326 e. The fraction of sp³-hybridized carbons (Fsp3) is 0.567. The van der Waals surface area contributed by atoms with Gasteiger partial charge in [-0.15, -0.1) is 13.1 Å². The molecule has 3 aromatic rings. The van der Waals surface area contributed by atoms with Crippen molar-refractivity contribution < 1.29 is 157 Å². The van der Waals surface area contributed by atoms with E-state index in [0.717, 1.165) is 55.4 Å². The molecule has 4 atom stereocenters. The van der Waals surface area contributed by atoms with E-state index in [1.165, 1.54) is 11.1 Å². The first-order chi connectivity index (χ1) is 39.5. The number of benzene rings is 3. The van der Waals surface area contributed by atoms with E-state index in [1.807, 2.05) is 55.9 Å². The van der Waals surface area contributed by atoms with Crippen molar-refractivity contribution in [2.75, 3.05) is 58.9 Å². The number of aliphatic carboxylic acids is 3. The van der Waals surface area contributed by atoms with E-state index in [0.29, 0.717) is 90.4 Å². The summed E-state index contributed by atoms with van der Waals surface area (Å²) in [6.07, 6.45) is 6.43. The molecular formula is C60H85N10O12Y3-3. The van der Waals surface area contributed by atoms with Gasteiger partial charge in [-0.25, -0.2) is 14.4 Å². The molecule has 2 fully saturated rings. The molecule has 22 nitrogen and oxygen atoms in total. The van der Waals surface area contributed by atoms with Gasteiger partial charge in [0.2, 0.25) is 29.5 Å². The van der Waals surface area contributed by atoms with E-state index >= 15 is 0 Å². The molecule has 10 N–H and O–H groups in total. The third-order valence-corrected chi connectivity index (χ3v) is 14.9. The second kappa shape index (κ2) is 43.7. The number of rotatable bonds is 34. The van der Waals surface area contributed by atoms with Crippen molar-refractivity contribution in [3.05, 3.63) is 101 Å². The zero-order valence-electron chi connectivity index (χ0n) is 49.1. The van der Waals surface area contributed by atoms with Crippen molar-refractivity contribution in [2.24, 2.45) is 11.8 Å². The summed E-state index contributed by atoms with van der Waals surface area (Å²) in [5.74, 6) is -5.64. The number of carbonyl (C=O) groups is 9. The Morgan fingerprint density at radius 2 is 1.16 bits per heavy atom. The van der Waals surface area contributed by atoms with Crippen LogP contribution in [0.25, 0.3) is 21.4 Å². The molecule has 2 aliphatic rings. The van der Waals surface area contributed by atoms with Crippen molar-refractivity contribution in [3.8, 4) is 0 Å². The predicted octanol–water partition coefficient (Wildman–Crippen LogP) is 5.25. The summed E-state index contributed by atoms with van der Waals surface area (Å²) in [5.41, 5.74) is 3.21. The molecule has 1 saturated carbocycles. The van der Waals surface area contributed by atoms with Crippen LogP contribution in [0.2, 0.25) is 0 Å². The molecule has 1 saturated heterocycles. The maximum atomic E-state index is 14.0. The topological polar surface area (TPSA) is 330 Å². The van der Waals surface area contributed by atoms with Gasteiger partial charge in [0.1, 0.15) is 24.2 Å². The van der Waals surface area contributed by atoms with Crippen molar-refractivity contribution >= 4 is 64.2 Å². The second-order valence-corrected chi connectivity index (χ2v) is 21.4. The van der Waals surface area contributed by atoms with Crippen LogP contribution in [-0.4, -0.2) is 157 Å². The minimum Gasteiger partial charge on any atom is -0.663 e. The van der Waals surface area contributed by atoms with Crippen LogP contribution in [-0.2, 0) is 149 Å². The summed E-state index contributed by atoms with van der Waals surface area (Å²) in [7, 11) is 0. The number of aryl methyl sites for hydroxylation is 2. The van der Waals surface area contributed by atoms with E-state index in [2.05, 4.69) is 77.0 Å². The fourth-order valence-corrected chi connectivity index (χ4v) is 10.0. The number of unbranched alkanes of at least 4 members (excludes halogenated alkanes) is 2. The normalized spacial score (nSPS) is 16.6. The van der Waals surface area contributed by atoms with Gasteiger partial charge in [-0.2, -0.15) is 19.5 Å². The van der Waals surface area contributed by atoms with Crippen molar-refractivity contribution in [1.82, 2.24) is 42.1 Å². The average molecular weight is 1410 g/mol. The van der Waals surface area contributed by atoms with Gasteiger partial charge in [-0.05, 0) is 131 Å². The number of carboxylic acid groups (broad SMARTS) is 3. The molecule has 1 aliphatic heterocycles. The van der Waals surface area contributed by atoms with E-state index < -0.39 is 66.9 Å². The van der Waals surface area contributed by atoms with Gasteiger partial charge in [0.15, 0.2) is 0 Å². The first-order valence-corrected chi connectivity index (χ1v) is 29.1. The second-order valence-electron chi connectivity index (χ2n) is 21.4. The standard InChI is InChI=1S/C60H85N10O12.3Y/c1-41-17-19-42(20-18-41)10-8-15-52(71)63-29-6-4-13-48(66-53(72)16-9-35-70-36-33-61-31-32-62-34-37-70)56(76)65-40-43-21-25-46(26-22-43)55(75)67-51(39-44-23-24-45-11-2-3-12-47(45)38-44)57(77)64-30-7-5-14-49(58(78)79)68-60(82)69-50(59(80)81)27-28-54(73)74;;;/h2-3,11-12,17-20,23-24,35,38,43,46,48-51H,4-10,13-16,21-22,25-34,36-37,39-40H2,1H3,(H,63,71)(H,64,77)(H,65,76)(H,66,72)(H,67,75)(H,73,74)(H,78,79)(H,80,81)(H2,68,69,82);;;/q-3;;;. The molecule has 3 radical (unpaired) electrons. The van der Waals surface area contributed by atoms with Crippen LogP contribution in [0.1, 0.15) is 119 Å². The Kier molecular flexibility index (Phi) is 39.7. The molecular weight excluding hydrogens is 1320 g/mol. The number of hydrogen-bond donors (Lipinski definition) is 10. The van der Waals surface area contributed by atoms with Crippen molar-refractivity contribution in [1.29, 1.82) is 0 Å². The molecule has 7 amide bonds. The minimum absolute atomic E-state index is 0. The summed E-state index contributed by atoms with van der Waals surface area (Å²) in [6.45, 7) is 9.39. The van der Waals surface area contributed by atoms with Gasteiger partial charge in [0.05, 0.1) is 0 Å². The quantitative estimate of drug-likeness (QED) is 0.0270. The Morgan fingerprint density at radius 3 is 1.80 bits per heavy atom. The SMILES string of the molecule is Cc1ccc(CCCC(=O)NCCCCC(NC(=O)CC[CH-]N2CC[N-]CC[N-]CC2)C(=O)NCC2CCC(C(=O)NC(Cc3ccc4ccccc4c3)C(=O)NCCCCC(NC(=O)NC(CCC(=O)O)C(=O)O)C(=O)O)CC2)cc1.[Y].[Y].[Y]. The van der Waals surface area contributed by atoms with Gasteiger partial charge < -0.3 is 68.1 Å². The molecule has 0 bridgehead atoms. The maximum Gasteiger partial charge on any atom is 0.326 e. The number of carboxylic acids is 3. The molecule has 0 spiro atoms. The van der Waals surface area contributed by atoms with E-state index in [-0.39, 0.29) is 166 Å². The first-order valence-electron chi connectivity index (χ1n) is 29.1. The number of carbonyl (C=O) groups excluding carboxylic acids is 6. The monoisotopic (exact) mass is 1400 g/mol. The maximum absolute atomic E-state index is 14.0. The number of urea groups is 1. The Morgan fingerprint density at radius 1 is 0.576 bits per heavy atom. The van der Waals surface area contributed by atoms with Crippen LogP contribution in [0.5, 0.6) is 0 Å². The van der Waals surface area contributed by atoms with Crippen LogP contribution >= 0.6 is 0 Å². The third kappa shape index (κ3) is 31.2. The summed E-state index contributed by atoms with van der Waals surface area (Å²) >= 11 is 0. The number of nitrogens with one attached hydrogen (secondary N) is 7. The molecule has 85 heavy (non-hydrogen) atoms. The number of amides is 7. The fourth-order valence-electron chi connectivity index (χ4n) is 10.0. The average Bonchev–Trinajstić information content (AvgIpc) is 3.70. The molecule has 25 heteroatoms. The molecule has 5 rings (SSSR count).